The molecule has 1 heterocycles. The van der Waals surface area contributed by atoms with Gasteiger partial charge in [-0.25, -0.2) is 0 Å². The SMILES string of the molecule is COC1(CCN)CCCCN(C)C1. The van der Waals surface area contributed by atoms with Gasteiger partial charge in [-0.1, -0.05) is 0 Å². The van der Waals surface area contributed by atoms with Gasteiger partial charge in [0, 0.05) is 13.7 Å². The number of nitrogens with two attached hydrogens (primary N) is 1. The Balaban J connectivity index is 2.59. The van der Waals surface area contributed by atoms with Crippen LogP contribution in [0.1, 0.15) is 25.7 Å². The lowest BCUT2D eigenvalue weighted by Gasteiger charge is -2.33. The molecule has 0 aromatic rings. The number of ether oxygens (including phenoxy) is 1. The number of hydrogen-bond donors (Lipinski definition) is 1. The Labute approximate surface area is 81.2 Å². The summed E-state index contributed by atoms with van der Waals surface area (Å²) in [4.78, 5) is 2.35. The van der Waals surface area contributed by atoms with Gasteiger partial charge < -0.3 is 15.4 Å². The van der Waals surface area contributed by atoms with Gasteiger partial charge in [-0.3, -0.25) is 0 Å². The van der Waals surface area contributed by atoms with Gasteiger partial charge in [0.2, 0.25) is 0 Å². The van der Waals surface area contributed by atoms with Crippen molar-refractivity contribution in [1.82, 2.24) is 4.90 Å². The average Bonchev–Trinajstić information content (AvgIpc) is 2.29. The van der Waals surface area contributed by atoms with Crippen molar-refractivity contribution in [3.8, 4) is 0 Å². The summed E-state index contributed by atoms with van der Waals surface area (Å²) in [7, 11) is 3.98. The third kappa shape index (κ3) is 2.93. The smallest absolute Gasteiger partial charge is 0.0816 e. The molecular formula is C10H22N2O. The second-order valence-corrected chi connectivity index (χ2v) is 4.12. The summed E-state index contributed by atoms with van der Waals surface area (Å²) in [6.07, 6.45) is 4.68. The zero-order valence-electron chi connectivity index (χ0n) is 8.88. The molecule has 0 aliphatic carbocycles. The van der Waals surface area contributed by atoms with Crippen molar-refractivity contribution in [2.24, 2.45) is 5.73 Å². The maximum Gasteiger partial charge on any atom is 0.0816 e. The lowest BCUT2D eigenvalue weighted by molar-refractivity contribution is -0.0357. The Bertz CT molecular complexity index is 152. The molecule has 1 saturated heterocycles. The first kappa shape index (κ1) is 11.0. The summed E-state index contributed by atoms with van der Waals surface area (Å²) >= 11 is 0. The molecule has 2 N–H and O–H groups in total. The maximum absolute atomic E-state index is 5.65. The standard InChI is InChI=1S/C10H22N2O/c1-12-8-4-3-5-10(9-12,13-2)6-7-11/h3-9,11H2,1-2H3. The van der Waals surface area contributed by atoms with Crippen molar-refractivity contribution in [1.29, 1.82) is 0 Å². The molecular weight excluding hydrogens is 164 g/mol. The fraction of sp³-hybridized carbons (Fsp3) is 1.00. The molecule has 1 aliphatic rings. The van der Waals surface area contributed by atoms with E-state index in [-0.39, 0.29) is 5.60 Å². The molecule has 1 rings (SSSR count). The van der Waals surface area contributed by atoms with Crippen LogP contribution < -0.4 is 5.73 Å². The fourth-order valence-electron chi connectivity index (χ4n) is 2.21. The number of nitrogens with zero attached hydrogens (tertiary/aromatic N) is 1. The van der Waals surface area contributed by atoms with Crippen LogP contribution in [0.5, 0.6) is 0 Å². The van der Waals surface area contributed by atoms with E-state index in [1.54, 1.807) is 0 Å². The third-order valence-corrected chi connectivity index (χ3v) is 3.01. The zero-order valence-corrected chi connectivity index (χ0v) is 8.88. The van der Waals surface area contributed by atoms with E-state index < -0.39 is 0 Å². The molecule has 0 radical (unpaired) electrons. The molecule has 3 nitrogen and oxygen atoms in total. The quantitative estimate of drug-likeness (QED) is 0.709. The molecule has 1 aliphatic heterocycles. The Morgan fingerprint density at radius 2 is 2.23 bits per heavy atom. The monoisotopic (exact) mass is 186 g/mol. The van der Waals surface area contributed by atoms with Crippen LogP contribution in [-0.4, -0.2) is 44.3 Å². The molecule has 1 unspecified atom stereocenters. The zero-order chi connectivity index (χ0) is 9.73. The molecule has 1 atom stereocenters. The Morgan fingerprint density at radius 1 is 1.46 bits per heavy atom. The molecule has 0 amide bonds. The predicted octanol–water partition coefficient (Wildman–Crippen LogP) is 0.836. The first-order chi connectivity index (χ1) is 6.22. The largest absolute Gasteiger partial charge is 0.377 e. The summed E-state index contributed by atoms with van der Waals surface area (Å²) in [5.74, 6) is 0. The van der Waals surface area contributed by atoms with Crippen LogP contribution in [0.3, 0.4) is 0 Å². The maximum atomic E-state index is 5.65. The van der Waals surface area contributed by atoms with Crippen molar-refractivity contribution in [3.63, 3.8) is 0 Å². The number of methoxy groups -OCH3 is 1. The van der Waals surface area contributed by atoms with E-state index in [4.69, 9.17) is 10.5 Å². The lowest BCUT2D eigenvalue weighted by Crippen LogP contribution is -2.43. The van der Waals surface area contributed by atoms with Crippen LogP contribution in [-0.2, 0) is 4.74 Å². The van der Waals surface area contributed by atoms with E-state index in [1.807, 2.05) is 7.11 Å². The minimum Gasteiger partial charge on any atom is -0.377 e. The summed E-state index contributed by atoms with van der Waals surface area (Å²) in [6, 6.07) is 0. The van der Waals surface area contributed by atoms with Gasteiger partial charge in [0.1, 0.15) is 0 Å². The van der Waals surface area contributed by atoms with E-state index in [2.05, 4.69) is 11.9 Å². The van der Waals surface area contributed by atoms with E-state index in [0.717, 1.165) is 25.9 Å². The number of rotatable bonds is 3. The van der Waals surface area contributed by atoms with Gasteiger partial charge in [0.15, 0.2) is 0 Å². The first-order valence-corrected chi connectivity index (χ1v) is 5.16. The number of likely N-dealkylation sites (tertiary alicyclic amines) is 1. The second kappa shape index (κ2) is 4.94. The van der Waals surface area contributed by atoms with E-state index in [9.17, 15) is 0 Å². The molecule has 3 heteroatoms. The van der Waals surface area contributed by atoms with Crippen molar-refractivity contribution in [3.05, 3.63) is 0 Å². The summed E-state index contributed by atoms with van der Waals surface area (Å²) in [5.41, 5.74) is 5.65. The van der Waals surface area contributed by atoms with Gasteiger partial charge in [0.25, 0.3) is 0 Å². The molecule has 0 bridgehead atoms. The summed E-state index contributed by atoms with van der Waals surface area (Å²) < 4.78 is 5.65. The fourth-order valence-corrected chi connectivity index (χ4v) is 2.21. The van der Waals surface area contributed by atoms with Gasteiger partial charge in [-0.2, -0.15) is 0 Å². The van der Waals surface area contributed by atoms with Crippen molar-refractivity contribution < 1.29 is 4.74 Å². The molecule has 0 saturated carbocycles. The second-order valence-electron chi connectivity index (χ2n) is 4.12. The van der Waals surface area contributed by atoms with Crippen molar-refractivity contribution in [2.45, 2.75) is 31.3 Å². The lowest BCUT2D eigenvalue weighted by atomic mass is 9.93. The summed E-state index contributed by atoms with van der Waals surface area (Å²) in [6.45, 7) is 2.94. The number of hydrogen-bond acceptors (Lipinski definition) is 3. The van der Waals surface area contributed by atoms with Crippen LogP contribution in [0.25, 0.3) is 0 Å². The van der Waals surface area contributed by atoms with E-state index in [1.165, 1.54) is 19.4 Å². The average molecular weight is 186 g/mol. The van der Waals surface area contributed by atoms with Crippen molar-refractivity contribution >= 4 is 0 Å². The van der Waals surface area contributed by atoms with Crippen LogP contribution in [0, 0.1) is 0 Å². The predicted molar refractivity (Wildman–Crippen MR) is 54.8 cm³/mol. The highest BCUT2D eigenvalue weighted by atomic mass is 16.5. The van der Waals surface area contributed by atoms with E-state index in [0.29, 0.717) is 0 Å². The molecule has 13 heavy (non-hydrogen) atoms. The Kier molecular flexibility index (Phi) is 4.16. The van der Waals surface area contributed by atoms with E-state index >= 15 is 0 Å². The highest BCUT2D eigenvalue weighted by Crippen LogP contribution is 2.26. The molecule has 0 aromatic heterocycles. The van der Waals surface area contributed by atoms with Gasteiger partial charge >= 0.3 is 0 Å². The van der Waals surface area contributed by atoms with Gasteiger partial charge in [0.05, 0.1) is 5.60 Å². The number of likely N-dealkylation sites (N-methyl/N-ethyl adjacent to an activating group) is 1. The highest BCUT2D eigenvalue weighted by Gasteiger charge is 2.31. The van der Waals surface area contributed by atoms with Gasteiger partial charge in [-0.15, -0.1) is 0 Å². The molecule has 1 fully saturated rings. The third-order valence-electron chi connectivity index (χ3n) is 3.01. The Hall–Kier alpha value is -0.120. The highest BCUT2D eigenvalue weighted by molar-refractivity contribution is 4.86. The Morgan fingerprint density at radius 3 is 2.85 bits per heavy atom. The normalized spacial score (nSPS) is 31.6. The summed E-state index contributed by atoms with van der Waals surface area (Å²) in [5, 5.41) is 0. The topological polar surface area (TPSA) is 38.5 Å². The molecule has 0 aromatic carbocycles. The van der Waals surface area contributed by atoms with Crippen LogP contribution in [0.15, 0.2) is 0 Å². The van der Waals surface area contributed by atoms with Gasteiger partial charge in [-0.05, 0) is 45.8 Å². The first-order valence-electron chi connectivity index (χ1n) is 5.16. The van der Waals surface area contributed by atoms with Crippen LogP contribution in [0.4, 0.5) is 0 Å². The van der Waals surface area contributed by atoms with Crippen LogP contribution in [0.2, 0.25) is 0 Å². The molecule has 78 valence electrons. The molecule has 0 spiro atoms. The minimum absolute atomic E-state index is 0.0278. The van der Waals surface area contributed by atoms with Crippen molar-refractivity contribution in [2.75, 3.05) is 33.8 Å². The van der Waals surface area contributed by atoms with Crippen LogP contribution >= 0.6 is 0 Å². The minimum atomic E-state index is 0.0278.